The Balaban J connectivity index is 3.39. The Kier molecular flexibility index (Phi) is 5.88. The van der Waals surface area contributed by atoms with Crippen molar-refractivity contribution in [1.82, 2.24) is 0 Å². The lowest BCUT2D eigenvalue weighted by molar-refractivity contribution is -0.127. The van der Waals surface area contributed by atoms with E-state index in [2.05, 4.69) is 6.58 Å². The van der Waals surface area contributed by atoms with Crippen molar-refractivity contribution in [3.8, 4) is 0 Å². The molecule has 2 atom stereocenters. The second kappa shape index (κ2) is 6.19. The average molecular weight is 160 g/mol. The molecule has 0 aliphatic heterocycles. The first-order valence-corrected chi connectivity index (χ1v) is 3.73. The minimum absolute atomic E-state index is 0.0231. The van der Waals surface area contributed by atoms with Gasteiger partial charge in [0.25, 0.3) is 0 Å². The van der Waals surface area contributed by atoms with E-state index in [0.717, 1.165) is 0 Å². The molecule has 66 valence electrons. The maximum absolute atomic E-state index is 8.54. The third-order valence-corrected chi connectivity index (χ3v) is 1.25. The van der Waals surface area contributed by atoms with Crippen LogP contribution in [0, 0.1) is 0 Å². The second-order valence-electron chi connectivity index (χ2n) is 2.33. The summed E-state index contributed by atoms with van der Waals surface area (Å²) in [6, 6.07) is 0. The molecule has 0 aliphatic carbocycles. The van der Waals surface area contributed by atoms with Crippen molar-refractivity contribution in [2.75, 3.05) is 6.61 Å². The number of hydrogen-bond donors (Lipinski definition) is 1. The van der Waals surface area contributed by atoms with Crippen LogP contribution in [0.25, 0.3) is 0 Å². The molecule has 2 unspecified atom stereocenters. The number of aliphatic hydroxyl groups is 1. The summed E-state index contributed by atoms with van der Waals surface area (Å²) < 4.78 is 10.2. The number of rotatable bonds is 6. The third-order valence-electron chi connectivity index (χ3n) is 1.25. The standard InChI is InChI=1S/C8H16O3/c1-4-10-8(3)11-7(2)5-6-9/h4,7-9H,1,5-6H2,2-3H3. The molecule has 0 aromatic carbocycles. The number of ether oxygens (including phenoxy) is 2. The lowest BCUT2D eigenvalue weighted by atomic mass is 10.3. The van der Waals surface area contributed by atoms with Gasteiger partial charge in [-0.1, -0.05) is 6.58 Å². The summed E-state index contributed by atoms with van der Waals surface area (Å²) in [6.45, 7) is 7.22. The third kappa shape index (κ3) is 5.88. The van der Waals surface area contributed by atoms with E-state index < -0.39 is 0 Å². The summed E-state index contributed by atoms with van der Waals surface area (Å²) in [5, 5.41) is 8.54. The molecule has 0 aromatic rings. The Morgan fingerprint density at radius 3 is 2.64 bits per heavy atom. The lowest BCUT2D eigenvalue weighted by Crippen LogP contribution is -2.19. The van der Waals surface area contributed by atoms with Gasteiger partial charge in [0.1, 0.15) is 0 Å². The van der Waals surface area contributed by atoms with Crippen LogP contribution in [-0.4, -0.2) is 24.1 Å². The van der Waals surface area contributed by atoms with Crippen molar-refractivity contribution in [3.05, 3.63) is 12.8 Å². The normalized spacial score (nSPS) is 15.5. The maximum atomic E-state index is 8.54. The van der Waals surface area contributed by atoms with Crippen LogP contribution in [-0.2, 0) is 9.47 Å². The van der Waals surface area contributed by atoms with Crippen LogP contribution in [0.3, 0.4) is 0 Å². The van der Waals surface area contributed by atoms with E-state index >= 15 is 0 Å². The van der Waals surface area contributed by atoms with E-state index in [9.17, 15) is 0 Å². The molecule has 0 aromatic heterocycles. The van der Waals surface area contributed by atoms with Crippen molar-refractivity contribution in [1.29, 1.82) is 0 Å². The minimum atomic E-state index is -0.283. The average Bonchev–Trinajstić information content (AvgIpc) is 1.87. The second-order valence-corrected chi connectivity index (χ2v) is 2.33. The molecule has 0 saturated carbocycles. The van der Waals surface area contributed by atoms with Gasteiger partial charge in [-0.25, -0.2) is 0 Å². The Morgan fingerprint density at radius 2 is 2.18 bits per heavy atom. The van der Waals surface area contributed by atoms with E-state index in [1.54, 1.807) is 6.92 Å². The highest BCUT2D eigenvalue weighted by Gasteiger charge is 2.06. The fraction of sp³-hybridized carbons (Fsp3) is 0.750. The SMILES string of the molecule is C=COC(C)OC(C)CCO. The summed E-state index contributed by atoms with van der Waals surface area (Å²) in [4.78, 5) is 0. The zero-order chi connectivity index (χ0) is 8.69. The van der Waals surface area contributed by atoms with Gasteiger partial charge in [-0.2, -0.15) is 0 Å². The molecule has 3 heteroatoms. The zero-order valence-electron chi connectivity index (χ0n) is 7.12. The van der Waals surface area contributed by atoms with Crippen LogP contribution in [0.5, 0.6) is 0 Å². The van der Waals surface area contributed by atoms with Crippen LogP contribution in [0.2, 0.25) is 0 Å². The van der Waals surface area contributed by atoms with Crippen LogP contribution < -0.4 is 0 Å². The molecule has 0 heterocycles. The highest BCUT2D eigenvalue weighted by atomic mass is 16.7. The van der Waals surface area contributed by atoms with Gasteiger partial charge in [0.15, 0.2) is 6.29 Å². The summed E-state index contributed by atoms with van der Waals surface area (Å²) >= 11 is 0. The molecule has 1 N–H and O–H groups in total. The van der Waals surface area contributed by atoms with Gasteiger partial charge in [-0.15, -0.1) is 0 Å². The summed E-state index contributed by atoms with van der Waals surface area (Å²) in [5.74, 6) is 0. The first-order valence-electron chi connectivity index (χ1n) is 3.73. The van der Waals surface area contributed by atoms with E-state index in [4.69, 9.17) is 14.6 Å². The van der Waals surface area contributed by atoms with E-state index in [-0.39, 0.29) is 19.0 Å². The van der Waals surface area contributed by atoms with Crippen molar-refractivity contribution in [2.24, 2.45) is 0 Å². The number of aliphatic hydroxyl groups excluding tert-OH is 1. The van der Waals surface area contributed by atoms with Gasteiger partial charge in [0.05, 0.1) is 12.4 Å². The van der Waals surface area contributed by atoms with Crippen molar-refractivity contribution in [3.63, 3.8) is 0 Å². The van der Waals surface area contributed by atoms with Gasteiger partial charge < -0.3 is 14.6 Å². The molecule has 0 amide bonds. The quantitative estimate of drug-likeness (QED) is 0.470. The van der Waals surface area contributed by atoms with Crippen molar-refractivity contribution < 1.29 is 14.6 Å². The highest BCUT2D eigenvalue weighted by Crippen LogP contribution is 2.02. The molecular weight excluding hydrogens is 144 g/mol. The molecule has 0 aliphatic rings. The topological polar surface area (TPSA) is 38.7 Å². The van der Waals surface area contributed by atoms with Crippen LogP contribution in [0.1, 0.15) is 20.3 Å². The van der Waals surface area contributed by atoms with Gasteiger partial charge in [0, 0.05) is 6.61 Å². The van der Waals surface area contributed by atoms with Crippen LogP contribution in [0.15, 0.2) is 12.8 Å². The predicted molar refractivity (Wildman–Crippen MR) is 43.0 cm³/mol. The molecule has 11 heavy (non-hydrogen) atoms. The highest BCUT2D eigenvalue weighted by molar-refractivity contribution is 4.53. The van der Waals surface area contributed by atoms with E-state index in [1.165, 1.54) is 6.26 Å². The van der Waals surface area contributed by atoms with Crippen molar-refractivity contribution >= 4 is 0 Å². The predicted octanol–water partition coefficient (Wildman–Crippen LogP) is 1.28. The summed E-state index contributed by atoms with van der Waals surface area (Å²) in [6.07, 6.45) is 1.71. The molecule has 0 bridgehead atoms. The Morgan fingerprint density at radius 1 is 1.55 bits per heavy atom. The van der Waals surface area contributed by atoms with Crippen molar-refractivity contribution in [2.45, 2.75) is 32.7 Å². The van der Waals surface area contributed by atoms with Gasteiger partial charge in [-0.05, 0) is 20.3 Å². The number of hydrogen-bond acceptors (Lipinski definition) is 3. The Labute approximate surface area is 67.6 Å². The van der Waals surface area contributed by atoms with E-state index in [1.807, 2.05) is 6.92 Å². The smallest absolute Gasteiger partial charge is 0.196 e. The monoisotopic (exact) mass is 160 g/mol. The summed E-state index contributed by atoms with van der Waals surface area (Å²) in [5.41, 5.74) is 0. The first-order chi connectivity index (χ1) is 5.20. The van der Waals surface area contributed by atoms with Crippen LogP contribution in [0.4, 0.5) is 0 Å². The van der Waals surface area contributed by atoms with Gasteiger partial charge >= 0.3 is 0 Å². The lowest BCUT2D eigenvalue weighted by Gasteiger charge is -2.17. The fourth-order valence-corrected chi connectivity index (χ4v) is 0.745. The Bertz CT molecular complexity index is 104. The first kappa shape index (κ1) is 10.5. The fourth-order valence-electron chi connectivity index (χ4n) is 0.745. The summed E-state index contributed by atoms with van der Waals surface area (Å²) in [7, 11) is 0. The van der Waals surface area contributed by atoms with E-state index in [0.29, 0.717) is 6.42 Å². The van der Waals surface area contributed by atoms with Gasteiger partial charge in [0.2, 0.25) is 0 Å². The Hall–Kier alpha value is -0.540. The molecule has 0 saturated heterocycles. The zero-order valence-corrected chi connectivity index (χ0v) is 7.12. The molecule has 0 rings (SSSR count). The molecule has 0 radical (unpaired) electrons. The molecule has 0 fully saturated rings. The molecule has 3 nitrogen and oxygen atoms in total. The molecular formula is C8H16O3. The maximum Gasteiger partial charge on any atom is 0.196 e. The van der Waals surface area contributed by atoms with Crippen LogP contribution >= 0.6 is 0 Å². The van der Waals surface area contributed by atoms with Gasteiger partial charge in [-0.3, -0.25) is 0 Å². The molecule has 0 spiro atoms. The minimum Gasteiger partial charge on any atom is -0.473 e. The largest absolute Gasteiger partial charge is 0.473 e.